The Morgan fingerprint density at radius 2 is 1.65 bits per heavy atom. The monoisotopic (exact) mass is 374 g/mol. The highest BCUT2D eigenvalue weighted by Gasteiger charge is 2.36. The molecule has 26 heavy (non-hydrogen) atoms. The molecule has 0 radical (unpaired) electrons. The molecule has 0 saturated carbocycles. The SMILES string of the molecule is CCC(CC)(CNC(=O)c1cc(NC(C)=O)cc(C(F)(F)F)c1)C(=O)O. The van der Waals surface area contributed by atoms with E-state index in [1.165, 1.54) is 0 Å². The van der Waals surface area contributed by atoms with Gasteiger partial charge in [-0.15, -0.1) is 0 Å². The quantitative estimate of drug-likeness (QED) is 0.682. The molecule has 0 atom stereocenters. The third-order valence-electron chi connectivity index (χ3n) is 4.24. The number of carboxylic acid groups (broad SMARTS) is 1. The van der Waals surface area contributed by atoms with Crippen molar-refractivity contribution in [3.05, 3.63) is 29.3 Å². The fourth-order valence-electron chi connectivity index (χ4n) is 2.43. The molecule has 0 fully saturated rings. The first kappa shape index (κ1) is 21.5. The minimum Gasteiger partial charge on any atom is -0.481 e. The van der Waals surface area contributed by atoms with Crippen molar-refractivity contribution in [3.8, 4) is 0 Å². The fourth-order valence-corrected chi connectivity index (χ4v) is 2.43. The predicted molar refractivity (Wildman–Crippen MR) is 88.7 cm³/mol. The maximum atomic E-state index is 13.0. The summed E-state index contributed by atoms with van der Waals surface area (Å²) in [4.78, 5) is 34.8. The lowest BCUT2D eigenvalue weighted by Gasteiger charge is -2.27. The summed E-state index contributed by atoms with van der Waals surface area (Å²) in [7, 11) is 0. The van der Waals surface area contributed by atoms with Crippen LogP contribution in [0.2, 0.25) is 0 Å². The Labute approximate surface area is 148 Å². The molecule has 0 aromatic heterocycles. The van der Waals surface area contributed by atoms with Crippen molar-refractivity contribution in [1.82, 2.24) is 5.32 Å². The zero-order valence-corrected chi connectivity index (χ0v) is 14.7. The van der Waals surface area contributed by atoms with Crippen LogP contribution in [0.5, 0.6) is 0 Å². The topological polar surface area (TPSA) is 95.5 Å². The molecular weight excluding hydrogens is 353 g/mol. The van der Waals surface area contributed by atoms with Gasteiger partial charge in [0.15, 0.2) is 0 Å². The number of hydrogen-bond acceptors (Lipinski definition) is 3. The lowest BCUT2D eigenvalue weighted by Crippen LogP contribution is -2.42. The van der Waals surface area contributed by atoms with Crippen molar-refractivity contribution in [1.29, 1.82) is 0 Å². The van der Waals surface area contributed by atoms with Gasteiger partial charge in [-0.1, -0.05) is 13.8 Å². The molecule has 0 bridgehead atoms. The Morgan fingerprint density at radius 3 is 2.08 bits per heavy atom. The van der Waals surface area contributed by atoms with Crippen molar-refractivity contribution in [2.75, 3.05) is 11.9 Å². The first-order chi connectivity index (χ1) is 11.9. The normalized spacial score (nSPS) is 11.8. The van der Waals surface area contributed by atoms with Crippen LogP contribution in [0.15, 0.2) is 18.2 Å². The maximum Gasteiger partial charge on any atom is 0.416 e. The Morgan fingerprint density at radius 1 is 1.08 bits per heavy atom. The molecule has 0 saturated heterocycles. The number of hydrogen-bond donors (Lipinski definition) is 3. The van der Waals surface area contributed by atoms with Crippen molar-refractivity contribution in [3.63, 3.8) is 0 Å². The van der Waals surface area contributed by atoms with Crippen LogP contribution in [0.25, 0.3) is 0 Å². The van der Waals surface area contributed by atoms with Gasteiger partial charge < -0.3 is 15.7 Å². The second-order valence-corrected chi connectivity index (χ2v) is 5.95. The molecule has 0 aliphatic carbocycles. The van der Waals surface area contributed by atoms with E-state index >= 15 is 0 Å². The van der Waals surface area contributed by atoms with Gasteiger partial charge in [0.05, 0.1) is 11.0 Å². The average molecular weight is 374 g/mol. The average Bonchev–Trinajstić information content (AvgIpc) is 2.54. The summed E-state index contributed by atoms with van der Waals surface area (Å²) >= 11 is 0. The number of halogens is 3. The van der Waals surface area contributed by atoms with Crippen LogP contribution < -0.4 is 10.6 Å². The van der Waals surface area contributed by atoms with Gasteiger partial charge in [-0.2, -0.15) is 13.2 Å². The summed E-state index contributed by atoms with van der Waals surface area (Å²) in [6, 6.07) is 2.48. The highest BCUT2D eigenvalue weighted by atomic mass is 19.4. The van der Waals surface area contributed by atoms with Gasteiger partial charge in [0, 0.05) is 24.7 Å². The van der Waals surface area contributed by atoms with Crippen LogP contribution in [-0.2, 0) is 15.8 Å². The molecule has 1 rings (SSSR count). The Balaban J connectivity index is 3.14. The molecule has 0 heterocycles. The third-order valence-corrected chi connectivity index (χ3v) is 4.24. The Hall–Kier alpha value is -2.58. The number of nitrogens with one attached hydrogen (secondary N) is 2. The van der Waals surface area contributed by atoms with Crippen LogP contribution >= 0.6 is 0 Å². The zero-order chi connectivity index (χ0) is 20.1. The lowest BCUT2D eigenvalue weighted by molar-refractivity contribution is -0.149. The first-order valence-electron chi connectivity index (χ1n) is 7.96. The zero-order valence-electron chi connectivity index (χ0n) is 14.7. The third kappa shape index (κ3) is 5.21. The number of rotatable bonds is 7. The highest BCUT2D eigenvalue weighted by Crippen LogP contribution is 2.32. The molecule has 9 heteroatoms. The summed E-state index contributed by atoms with van der Waals surface area (Å²) in [5, 5.41) is 13.9. The van der Waals surface area contributed by atoms with Gasteiger partial charge in [0.1, 0.15) is 0 Å². The Bertz CT molecular complexity index is 698. The summed E-state index contributed by atoms with van der Waals surface area (Å²) in [6.45, 7) is 4.22. The van der Waals surface area contributed by atoms with E-state index < -0.39 is 34.9 Å². The summed E-state index contributed by atoms with van der Waals surface area (Å²) in [6.07, 6.45) is -4.21. The molecule has 2 amide bonds. The van der Waals surface area contributed by atoms with E-state index in [9.17, 15) is 32.7 Å². The minimum absolute atomic E-state index is 0.173. The second kappa shape index (κ2) is 8.20. The lowest BCUT2D eigenvalue weighted by atomic mass is 9.82. The van der Waals surface area contributed by atoms with Gasteiger partial charge in [-0.3, -0.25) is 14.4 Å². The van der Waals surface area contributed by atoms with E-state index in [1.807, 2.05) is 0 Å². The van der Waals surface area contributed by atoms with E-state index in [2.05, 4.69) is 10.6 Å². The number of carbonyl (C=O) groups is 3. The van der Waals surface area contributed by atoms with Crippen LogP contribution in [0.3, 0.4) is 0 Å². The molecule has 0 spiro atoms. The van der Waals surface area contributed by atoms with Gasteiger partial charge in [-0.25, -0.2) is 0 Å². The first-order valence-corrected chi connectivity index (χ1v) is 7.96. The molecule has 1 aromatic carbocycles. The largest absolute Gasteiger partial charge is 0.481 e. The molecule has 1 aromatic rings. The second-order valence-electron chi connectivity index (χ2n) is 5.95. The number of amides is 2. The maximum absolute atomic E-state index is 13.0. The van der Waals surface area contributed by atoms with E-state index in [4.69, 9.17) is 0 Å². The van der Waals surface area contributed by atoms with Gasteiger partial charge in [0.25, 0.3) is 5.91 Å². The van der Waals surface area contributed by atoms with Crippen molar-refractivity contribution >= 4 is 23.5 Å². The highest BCUT2D eigenvalue weighted by molar-refractivity contribution is 5.97. The molecule has 0 aliphatic rings. The van der Waals surface area contributed by atoms with Crippen LogP contribution in [0, 0.1) is 5.41 Å². The number of alkyl halides is 3. The number of anilines is 1. The van der Waals surface area contributed by atoms with Gasteiger partial charge >= 0.3 is 12.1 Å². The fraction of sp³-hybridized carbons (Fsp3) is 0.471. The van der Waals surface area contributed by atoms with E-state index in [-0.39, 0.29) is 30.6 Å². The molecule has 0 aliphatic heterocycles. The van der Waals surface area contributed by atoms with Crippen LogP contribution in [-0.4, -0.2) is 29.4 Å². The standard InChI is InChI=1S/C17H21F3N2O4/c1-4-16(5-2,15(25)26)9-21-14(24)11-6-12(17(18,19)20)8-13(7-11)22-10(3)23/h6-8H,4-5,9H2,1-3H3,(H,21,24)(H,22,23)(H,25,26). The van der Waals surface area contributed by atoms with E-state index in [0.29, 0.717) is 6.07 Å². The van der Waals surface area contributed by atoms with Gasteiger partial charge in [0.2, 0.25) is 5.91 Å². The summed E-state index contributed by atoms with van der Waals surface area (Å²) in [5.74, 6) is -2.53. The number of aliphatic carboxylic acids is 1. The predicted octanol–water partition coefficient (Wildman–Crippen LogP) is 3.28. The molecular formula is C17H21F3N2O4. The summed E-state index contributed by atoms with van der Waals surface area (Å²) < 4.78 is 39.1. The van der Waals surface area contributed by atoms with Gasteiger partial charge in [-0.05, 0) is 31.0 Å². The van der Waals surface area contributed by atoms with Crippen LogP contribution in [0.1, 0.15) is 49.5 Å². The van der Waals surface area contributed by atoms with E-state index in [0.717, 1.165) is 19.1 Å². The van der Waals surface area contributed by atoms with E-state index in [1.54, 1.807) is 13.8 Å². The molecule has 3 N–H and O–H groups in total. The minimum atomic E-state index is -4.71. The summed E-state index contributed by atoms with van der Waals surface area (Å²) in [5.41, 5.74) is -2.79. The molecule has 144 valence electrons. The van der Waals surface area contributed by atoms with Crippen molar-refractivity contribution in [2.24, 2.45) is 5.41 Å². The number of benzene rings is 1. The Kier molecular flexibility index (Phi) is 6.77. The van der Waals surface area contributed by atoms with Crippen molar-refractivity contribution < 1.29 is 32.7 Å². The van der Waals surface area contributed by atoms with Crippen LogP contribution in [0.4, 0.5) is 18.9 Å². The van der Waals surface area contributed by atoms with Crippen molar-refractivity contribution in [2.45, 2.75) is 39.8 Å². The number of carbonyl (C=O) groups excluding carboxylic acids is 2. The number of carboxylic acids is 1. The molecule has 6 nitrogen and oxygen atoms in total. The molecule has 0 unspecified atom stereocenters. The smallest absolute Gasteiger partial charge is 0.416 e.